The highest BCUT2D eigenvalue weighted by molar-refractivity contribution is 5.27. The Morgan fingerprint density at radius 3 is 2.81 bits per heavy atom. The molecule has 0 saturated heterocycles. The predicted octanol–water partition coefficient (Wildman–Crippen LogP) is 2.89. The monoisotopic (exact) mass is 301 g/mol. The van der Waals surface area contributed by atoms with Crippen molar-refractivity contribution in [1.29, 1.82) is 0 Å². The number of hydrogen-bond acceptors (Lipinski definition) is 5. The van der Waals surface area contributed by atoms with Gasteiger partial charge in [-0.3, -0.25) is 0 Å². The second kappa shape index (κ2) is 6.57. The smallest absolute Gasteiger partial charge is 0.406 e. The summed E-state index contributed by atoms with van der Waals surface area (Å²) in [7, 11) is 1.50. The van der Waals surface area contributed by atoms with Crippen molar-refractivity contribution in [2.75, 3.05) is 19.0 Å². The molecule has 0 amide bonds. The molecule has 0 bridgehead atoms. The third kappa shape index (κ3) is 4.45. The number of benzene rings is 1. The number of anilines is 1. The zero-order valence-corrected chi connectivity index (χ0v) is 11.3. The van der Waals surface area contributed by atoms with Gasteiger partial charge in [0.25, 0.3) is 0 Å². The summed E-state index contributed by atoms with van der Waals surface area (Å²) in [5, 5.41) is 10.3. The molecule has 1 aromatic heterocycles. The summed E-state index contributed by atoms with van der Waals surface area (Å²) < 4.78 is 47.7. The summed E-state index contributed by atoms with van der Waals surface area (Å²) in [5.41, 5.74) is -0.0749. The van der Waals surface area contributed by atoms with Crippen molar-refractivity contribution < 1.29 is 22.3 Å². The number of alkyl halides is 3. The quantitative estimate of drug-likeness (QED) is 0.889. The van der Waals surface area contributed by atoms with Crippen LogP contribution in [0.25, 0.3) is 0 Å². The Kier molecular flexibility index (Phi) is 4.79. The number of nitrogens with zero attached hydrogens (tertiary/aromatic N) is 2. The maximum atomic E-state index is 12.6. The van der Waals surface area contributed by atoms with Crippen molar-refractivity contribution in [3.05, 3.63) is 41.3 Å². The average molecular weight is 301 g/mol. The number of methoxy groups -OCH3 is 1. The fourth-order valence-corrected chi connectivity index (χ4v) is 1.72. The number of halogens is 3. The molecule has 0 aliphatic rings. The Labute approximate surface area is 119 Å². The minimum Gasteiger partial charge on any atom is -0.406 e. The van der Waals surface area contributed by atoms with Crippen LogP contribution in [0, 0.1) is 0 Å². The first-order chi connectivity index (χ1) is 9.99. The third-order valence-corrected chi connectivity index (χ3v) is 2.68. The number of hydrogen-bond donors (Lipinski definition) is 1. The van der Waals surface area contributed by atoms with Gasteiger partial charge in [0.15, 0.2) is 0 Å². The molecule has 1 N–H and O–H groups in total. The van der Waals surface area contributed by atoms with Crippen molar-refractivity contribution in [3.63, 3.8) is 0 Å². The van der Waals surface area contributed by atoms with Gasteiger partial charge in [-0.1, -0.05) is 23.3 Å². The zero-order chi connectivity index (χ0) is 15.3. The lowest BCUT2D eigenvalue weighted by Gasteiger charge is -2.08. The van der Waals surface area contributed by atoms with Crippen LogP contribution in [0.15, 0.2) is 28.7 Å². The molecule has 2 aromatic rings. The van der Waals surface area contributed by atoms with Crippen LogP contribution in [0.4, 0.5) is 19.2 Å². The maximum Gasteiger partial charge on any atom is 0.416 e. The Hall–Kier alpha value is -2.09. The molecule has 114 valence electrons. The highest BCUT2D eigenvalue weighted by Gasteiger charge is 2.30. The van der Waals surface area contributed by atoms with E-state index in [1.165, 1.54) is 13.2 Å². The molecule has 8 heteroatoms. The van der Waals surface area contributed by atoms with Gasteiger partial charge < -0.3 is 14.5 Å². The van der Waals surface area contributed by atoms with Crippen LogP contribution in [0.5, 0.6) is 0 Å². The number of nitrogens with one attached hydrogen (secondary N) is 1. The van der Waals surface area contributed by atoms with E-state index in [1.54, 1.807) is 6.07 Å². The van der Waals surface area contributed by atoms with Crippen LogP contribution < -0.4 is 5.32 Å². The van der Waals surface area contributed by atoms with Gasteiger partial charge in [0.2, 0.25) is 5.89 Å². The topological polar surface area (TPSA) is 60.2 Å². The van der Waals surface area contributed by atoms with Crippen molar-refractivity contribution >= 4 is 6.01 Å². The maximum absolute atomic E-state index is 12.6. The van der Waals surface area contributed by atoms with E-state index in [0.29, 0.717) is 24.4 Å². The lowest BCUT2D eigenvalue weighted by atomic mass is 10.1. The Bertz CT molecular complexity index is 584. The predicted molar refractivity (Wildman–Crippen MR) is 68.6 cm³/mol. The van der Waals surface area contributed by atoms with E-state index >= 15 is 0 Å². The van der Waals surface area contributed by atoms with E-state index in [4.69, 9.17) is 9.15 Å². The third-order valence-electron chi connectivity index (χ3n) is 2.68. The molecule has 0 aliphatic carbocycles. The van der Waals surface area contributed by atoms with Crippen molar-refractivity contribution in [1.82, 2.24) is 10.2 Å². The van der Waals surface area contributed by atoms with E-state index in [0.717, 1.165) is 12.1 Å². The molecular formula is C13H14F3N3O2. The van der Waals surface area contributed by atoms with Crippen molar-refractivity contribution in [3.8, 4) is 0 Å². The molecule has 0 fully saturated rings. The SMILES string of the molecule is COCc1nnc(NCCc2cccc(C(F)(F)F)c2)o1. The average Bonchev–Trinajstić information content (AvgIpc) is 2.86. The summed E-state index contributed by atoms with van der Waals surface area (Å²) in [6.07, 6.45) is -3.92. The van der Waals surface area contributed by atoms with Gasteiger partial charge in [-0.05, 0) is 18.1 Å². The largest absolute Gasteiger partial charge is 0.416 e. The van der Waals surface area contributed by atoms with Crippen LogP contribution in [-0.4, -0.2) is 23.9 Å². The van der Waals surface area contributed by atoms with Gasteiger partial charge in [-0.15, -0.1) is 5.10 Å². The molecule has 0 saturated carbocycles. The summed E-state index contributed by atoms with van der Waals surface area (Å²) >= 11 is 0. The zero-order valence-electron chi connectivity index (χ0n) is 11.3. The van der Waals surface area contributed by atoms with Crippen LogP contribution in [0.2, 0.25) is 0 Å². The minimum absolute atomic E-state index is 0.211. The normalized spacial score (nSPS) is 11.6. The number of aromatic nitrogens is 2. The first-order valence-corrected chi connectivity index (χ1v) is 6.20. The second-order valence-corrected chi connectivity index (χ2v) is 4.31. The summed E-state index contributed by atoms with van der Waals surface area (Å²) in [4.78, 5) is 0. The summed E-state index contributed by atoms with van der Waals surface area (Å²) in [6.45, 7) is 0.595. The van der Waals surface area contributed by atoms with Gasteiger partial charge in [0.05, 0.1) is 5.56 Å². The van der Waals surface area contributed by atoms with Crippen LogP contribution in [0.1, 0.15) is 17.0 Å². The Balaban J connectivity index is 1.88. The van der Waals surface area contributed by atoms with Gasteiger partial charge in [-0.25, -0.2) is 0 Å². The molecule has 0 unspecified atom stereocenters. The van der Waals surface area contributed by atoms with Crippen molar-refractivity contribution in [2.45, 2.75) is 19.2 Å². The standard InChI is InChI=1S/C13H14F3N3O2/c1-20-8-11-18-19-12(21-11)17-6-5-9-3-2-4-10(7-9)13(14,15)16/h2-4,7H,5-6,8H2,1H3,(H,17,19). The first-order valence-electron chi connectivity index (χ1n) is 6.20. The fourth-order valence-electron chi connectivity index (χ4n) is 1.72. The van der Waals surface area contributed by atoms with Gasteiger partial charge >= 0.3 is 12.2 Å². The van der Waals surface area contributed by atoms with Crippen LogP contribution in [-0.2, 0) is 23.9 Å². The van der Waals surface area contributed by atoms with Gasteiger partial charge in [0.1, 0.15) is 6.61 Å². The molecule has 0 atom stereocenters. The highest BCUT2D eigenvalue weighted by atomic mass is 19.4. The molecule has 1 heterocycles. The Morgan fingerprint density at radius 2 is 2.10 bits per heavy atom. The van der Waals surface area contributed by atoms with Crippen LogP contribution in [0.3, 0.4) is 0 Å². The molecular weight excluding hydrogens is 287 g/mol. The lowest BCUT2D eigenvalue weighted by molar-refractivity contribution is -0.137. The second-order valence-electron chi connectivity index (χ2n) is 4.31. The molecule has 2 rings (SSSR count). The minimum atomic E-state index is -4.33. The van der Waals surface area contributed by atoms with E-state index in [1.807, 2.05) is 0 Å². The van der Waals surface area contributed by atoms with E-state index in [2.05, 4.69) is 15.5 Å². The van der Waals surface area contributed by atoms with Crippen LogP contribution >= 0.6 is 0 Å². The summed E-state index contributed by atoms with van der Waals surface area (Å²) in [6, 6.07) is 5.43. The molecule has 5 nitrogen and oxygen atoms in total. The van der Waals surface area contributed by atoms with Crippen molar-refractivity contribution in [2.24, 2.45) is 0 Å². The Morgan fingerprint density at radius 1 is 1.29 bits per heavy atom. The molecule has 0 spiro atoms. The number of rotatable bonds is 6. The van der Waals surface area contributed by atoms with Gasteiger partial charge in [-0.2, -0.15) is 13.2 Å². The highest BCUT2D eigenvalue weighted by Crippen LogP contribution is 2.29. The first kappa shape index (κ1) is 15.3. The fraction of sp³-hybridized carbons (Fsp3) is 0.385. The molecule has 21 heavy (non-hydrogen) atoms. The van der Waals surface area contributed by atoms with E-state index < -0.39 is 11.7 Å². The van der Waals surface area contributed by atoms with Gasteiger partial charge in [0, 0.05) is 13.7 Å². The molecule has 0 radical (unpaired) electrons. The molecule has 1 aromatic carbocycles. The van der Waals surface area contributed by atoms with E-state index in [9.17, 15) is 13.2 Å². The molecule has 0 aliphatic heterocycles. The summed E-state index contributed by atoms with van der Waals surface area (Å²) in [5.74, 6) is 0.332. The van der Waals surface area contributed by atoms with E-state index in [-0.39, 0.29) is 12.6 Å². The lowest BCUT2D eigenvalue weighted by Crippen LogP contribution is -2.08. The number of ether oxygens (including phenoxy) is 1.